The van der Waals surface area contributed by atoms with Crippen LogP contribution in [-0.2, 0) is 0 Å². The van der Waals surface area contributed by atoms with Crippen molar-refractivity contribution in [3.05, 3.63) is 59.9 Å². The van der Waals surface area contributed by atoms with E-state index in [1.54, 1.807) is 19.2 Å². The van der Waals surface area contributed by atoms with E-state index in [1.165, 1.54) is 6.07 Å². The second kappa shape index (κ2) is 8.58. The summed E-state index contributed by atoms with van der Waals surface area (Å²) in [6.07, 6.45) is 2.75. The molecule has 1 aromatic carbocycles. The van der Waals surface area contributed by atoms with Crippen LogP contribution in [0.2, 0.25) is 0 Å². The number of fused-ring (bicyclic) bond motifs is 1. The number of halogens is 3. The first-order valence-corrected chi connectivity index (χ1v) is 10.3. The lowest BCUT2D eigenvalue weighted by atomic mass is 10.2. The van der Waals surface area contributed by atoms with Crippen LogP contribution in [0.4, 0.5) is 30.5 Å². The topological polar surface area (TPSA) is 91.0 Å². The normalized spacial score (nSPS) is 14.0. The number of piperazine rings is 1. The minimum absolute atomic E-state index is 0.00379. The quantitative estimate of drug-likeness (QED) is 0.419. The largest absolute Gasteiger partial charge is 0.433 e. The smallest absolute Gasteiger partial charge is 0.261 e. The maximum atomic E-state index is 15.0. The number of anilines is 3. The Morgan fingerprint density at radius 1 is 1.03 bits per heavy atom. The van der Waals surface area contributed by atoms with Crippen LogP contribution in [0.5, 0.6) is 11.6 Å². The van der Waals surface area contributed by atoms with Gasteiger partial charge in [0.25, 0.3) is 5.88 Å². The second-order valence-electron chi connectivity index (χ2n) is 7.62. The van der Waals surface area contributed by atoms with Gasteiger partial charge in [0, 0.05) is 43.3 Å². The number of aryl methyl sites for hydroxylation is 1. The van der Waals surface area contributed by atoms with E-state index in [0.29, 0.717) is 11.5 Å². The minimum Gasteiger partial charge on any atom is -0.433 e. The van der Waals surface area contributed by atoms with Crippen molar-refractivity contribution in [2.75, 3.05) is 36.4 Å². The monoisotopic (exact) mass is 455 g/mol. The molecule has 0 bridgehead atoms. The highest BCUT2D eigenvalue weighted by molar-refractivity contribution is 5.83. The number of hydrogen-bond acceptors (Lipinski definition) is 7. The number of H-pyrrole nitrogens is 1. The molecule has 170 valence electrons. The molecule has 0 amide bonds. The van der Waals surface area contributed by atoms with Crippen LogP contribution in [0, 0.1) is 24.4 Å². The van der Waals surface area contributed by atoms with Gasteiger partial charge in [-0.25, -0.2) is 18.7 Å². The van der Waals surface area contributed by atoms with Crippen molar-refractivity contribution in [2.45, 2.75) is 6.92 Å². The van der Waals surface area contributed by atoms with Gasteiger partial charge in [-0.3, -0.25) is 0 Å². The van der Waals surface area contributed by atoms with Crippen molar-refractivity contribution in [1.29, 1.82) is 0 Å². The highest BCUT2D eigenvalue weighted by Crippen LogP contribution is 2.34. The number of aromatic amines is 1. The molecule has 5 rings (SSSR count). The second-order valence-corrected chi connectivity index (χ2v) is 7.62. The van der Waals surface area contributed by atoms with Gasteiger partial charge in [-0.15, -0.1) is 0 Å². The SMILES string of the molecule is Cc1cc2c(F)c(Oc3ncnc(Nc4ccc(N5CCNCC5)cn4)c3F)cc(F)c2[nH]1. The molecule has 4 heterocycles. The van der Waals surface area contributed by atoms with Crippen LogP contribution in [0.3, 0.4) is 0 Å². The lowest BCUT2D eigenvalue weighted by molar-refractivity contribution is 0.397. The fraction of sp³-hybridized carbons (Fsp3) is 0.227. The Labute approximate surface area is 186 Å². The Morgan fingerprint density at radius 2 is 1.85 bits per heavy atom. The third kappa shape index (κ3) is 4.14. The van der Waals surface area contributed by atoms with Crippen LogP contribution in [0.1, 0.15) is 5.69 Å². The van der Waals surface area contributed by atoms with Gasteiger partial charge in [-0.1, -0.05) is 0 Å². The van der Waals surface area contributed by atoms with E-state index in [0.717, 1.165) is 44.3 Å². The van der Waals surface area contributed by atoms with Crippen LogP contribution >= 0.6 is 0 Å². The Balaban J connectivity index is 1.37. The van der Waals surface area contributed by atoms with Crippen LogP contribution in [-0.4, -0.2) is 46.1 Å². The number of rotatable bonds is 5. The summed E-state index contributed by atoms with van der Waals surface area (Å²) in [5.41, 5.74) is 1.55. The Morgan fingerprint density at radius 3 is 2.61 bits per heavy atom. The summed E-state index contributed by atoms with van der Waals surface area (Å²) in [4.78, 5) is 16.8. The molecule has 3 aromatic heterocycles. The average Bonchev–Trinajstić information content (AvgIpc) is 3.23. The van der Waals surface area contributed by atoms with Crippen LogP contribution in [0.15, 0.2) is 36.8 Å². The van der Waals surface area contributed by atoms with Gasteiger partial charge >= 0.3 is 0 Å². The predicted molar refractivity (Wildman–Crippen MR) is 118 cm³/mol. The molecule has 33 heavy (non-hydrogen) atoms. The Bertz CT molecular complexity index is 1300. The summed E-state index contributed by atoms with van der Waals surface area (Å²) in [6.45, 7) is 5.22. The molecule has 0 radical (unpaired) electrons. The molecule has 0 atom stereocenters. The number of pyridine rings is 1. The van der Waals surface area contributed by atoms with Gasteiger partial charge in [0.2, 0.25) is 5.82 Å². The summed E-state index contributed by atoms with van der Waals surface area (Å²) in [6, 6.07) is 5.87. The van der Waals surface area contributed by atoms with Crippen molar-refractivity contribution < 1.29 is 17.9 Å². The van der Waals surface area contributed by atoms with Gasteiger partial charge in [0.1, 0.15) is 12.1 Å². The number of nitrogens with zero attached hydrogens (tertiary/aromatic N) is 4. The van der Waals surface area contributed by atoms with Crippen molar-refractivity contribution in [2.24, 2.45) is 0 Å². The summed E-state index contributed by atoms with van der Waals surface area (Å²) >= 11 is 0. The highest BCUT2D eigenvalue weighted by Gasteiger charge is 2.20. The average molecular weight is 455 g/mol. The third-order valence-electron chi connectivity index (χ3n) is 5.34. The molecular weight excluding hydrogens is 435 g/mol. The fourth-order valence-electron chi connectivity index (χ4n) is 3.72. The number of nitrogens with one attached hydrogen (secondary N) is 3. The molecule has 1 aliphatic rings. The molecule has 1 fully saturated rings. The van der Waals surface area contributed by atoms with E-state index in [-0.39, 0.29) is 16.7 Å². The molecule has 1 aliphatic heterocycles. The van der Waals surface area contributed by atoms with Gasteiger partial charge in [-0.05, 0) is 25.1 Å². The van der Waals surface area contributed by atoms with Crippen molar-refractivity contribution in [3.63, 3.8) is 0 Å². The Hall–Kier alpha value is -3.86. The first-order chi connectivity index (χ1) is 16.0. The van der Waals surface area contributed by atoms with Gasteiger partial charge < -0.3 is 25.3 Å². The molecule has 4 aromatic rings. The highest BCUT2D eigenvalue weighted by atomic mass is 19.1. The number of ether oxygens (including phenoxy) is 1. The van der Waals surface area contributed by atoms with E-state index >= 15 is 0 Å². The first kappa shape index (κ1) is 21.0. The maximum Gasteiger partial charge on any atom is 0.261 e. The maximum absolute atomic E-state index is 15.0. The van der Waals surface area contributed by atoms with Crippen LogP contribution in [0.25, 0.3) is 10.9 Å². The zero-order chi connectivity index (χ0) is 22.9. The molecule has 11 heteroatoms. The first-order valence-electron chi connectivity index (χ1n) is 10.3. The summed E-state index contributed by atoms with van der Waals surface area (Å²) in [5, 5.41) is 6.06. The standard InChI is InChI=1S/C22H20F3N7O/c1-12-8-14-18(24)16(9-15(23)20(14)30-12)33-22-19(25)21(28-11-29-22)31-17-3-2-13(10-27-17)32-6-4-26-5-7-32/h2-3,8-11,26,30H,4-7H2,1H3,(H,27,28,29,31). The van der Waals surface area contributed by atoms with E-state index in [2.05, 4.69) is 35.5 Å². The molecule has 3 N–H and O–H groups in total. The zero-order valence-corrected chi connectivity index (χ0v) is 17.6. The van der Waals surface area contributed by atoms with Crippen LogP contribution < -0.4 is 20.3 Å². The third-order valence-corrected chi connectivity index (χ3v) is 5.34. The lowest BCUT2D eigenvalue weighted by Gasteiger charge is -2.29. The molecule has 1 saturated heterocycles. The van der Waals surface area contributed by atoms with E-state index in [9.17, 15) is 13.2 Å². The summed E-state index contributed by atoms with van der Waals surface area (Å²) < 4.78 is 49.4. The van der Waals surface area contributed by atoms with E-state index in [4.69, 9.17) is 4.74 Å². The van der Waals surface area contributed by atoms with Crippen molar-refractivity contribution in [1.82, 2.24) is 25.3 Å². The summed E-state index contributed by atoms with van der Waals surface area (Å²) in [7, 11) is 0. The van der Waals surface area contributed by atoms with Crippen molar-refractivity contribution >= 4 is 28.2 Å². The van der Waals surface area contributed by atoms with E-state index in [1.807, 2.05) is 6.07 Å². The molecule has 0 spiro atoms. The molecule has 8 nitrogen and oxygen atoms in total. The number of benzene rings is 1. The van der Waals surface area contributed by atoms with Gasteiger partial charge in [-0.2, -0.15) is 9.37 Å². The van der Waals surface area contributed by atoms with Crippen molar-refractivity contribution in [3.8, 4) is 11.6 Å². The number of aromatic nitrogens is 4. The van der Waals surface area contributed by atoms with Gasteiger partial charge in [0.15, 0.2) is 23.2 Å². The molecule has 0 unspecified atom stereocenters. The fourth-order valence-corrected chi connectivity index (χ4v) is 3.72. The number of hydrogen-bond donors (Lipinski definition) is 3. The van der Waals surface area contributed by atoms with Gasteiger partial charge in [0.05, 0.1) is 17.4 Å². The molecular formula is C22H20F3N7O. The zero-order valence-electron chi connectivity index (χ0n) is 17.6. The summed E-state index contributed by atoms with van der Waals surface area (Å²) in [5.74, 6) is -3.39. The Kier molecular flexibility index (Phi) is 5.47. The molecule has 0 aliphatic carbocycles. The van der Waals surface area contributed by atoms with E-state index < -0.39 is 29.1 Å². The predicted octanol–water partition coefficient (Wildman–Crippen LogP) is 4.02. The lowest BCUT2D eigenvalue weighted by Crippen LogP contribution is -2.43. The minimum atomic E-state index is -0.962. The molecule has 0 saturated carbocycles.